The first-order chi connectivity index (χ1) is 21.4. The van der Waals surface area contributed by atoms with E-state index in [4.69, 9.17) is 0 Å². The first-order valence-corrected chi connectivity index (χ1v) is 14.3. The summed E-state index contributed by atoms with van der Waals surface area (Å²) in [6, 6.07) is 11.4. The molecule has 13 nitrogen and oxygen atoms in total. The van der Waals surface area contributed by atoms with Crippen LogP contribution in [0.25, 0.3) is 12.2 Å². The van der Waals surface area contributed by atoms with E-state index in [1.54, 1.807) is 59.9 Å². The van der Waals surface area contributed by atoms with Gasteiger partial charge in [0, 0.05) is 64.1 Å². The lowest BCUT2D eigenvalue weighted by atomic mass is 10.1. The highest BCUT2D eigenvalue weighted by Gasteiger charge is 2.17. The molecule has 4 rings (SSSR count). The number of anilines is 2. The Morgan fingerprint density at radius 2 is 1.42 bits per heavy atom. The fourth-order valence-electron chi connectivity index (χ4n) is 4.77. The SMILES string of the molecule is CN(C)CCCNC(=O)c1cc(NC(=O)c2cc(NC(=O)Cc3cc(/C=C/c4ccc([N+](=O)[O-])cc4)cn3C)cn2C)cn1C. The Bertz CT molecular complexity index is 1730. The largest absolute Gasteiger partial charge is 0.353 e. The average Bonchev–Trinajstić information content (AvgIpc) is 3.65. The molecule has 0 saturated carbocycles. The number of aryl methyl sites for hydroxylation is 3. The van der Waals surface area contributed by atoms with Crippen molar-refractivity contribution in [1.29, 1.82) is 0 Å². The molecule has 1 aromatic carbocycles. The van der Waals surface area contributed by atoms with Gasteiger partial charge in [-0.3, -0.25) is 24.5 Å². The van der Waals surface area contributed by atoms with Gasteiger partial charge in [-0.15, -0.1) is 0 Å². The minimum absolute atomic E-state index is 0.0316. The number of nitrogens with zero attached hydrogens (tertiary/aromatic N) is 5. The minimum Gasteiger partial charge on any atom is -0.353 e. The third kappa shape index (κ3) is 8.80. The number of rotatable bonds is 13. The quantitative estimate of drug-likeness (QED) is 0.118. The molecule has 3 amide bonds. The number of nitrogens with one attached hydrogen (secondary N) is 3. The number of nitro benzene ring substituents is 1. The Hall–Kier alpha value is -5.43. The zero-order valence-corrected chi connectivity index (χ0v) is 26.0. The molecule has 236 valence electrons. The highest BCUT2D eigenvalue weighted by Crippen LogP contribution is 2.19. The van der Waals surface area contributed by atoms with Crippen LogP contribution >= 0.6 is 0 Å². The van der Waals surface area contributed by atoms with Gasteiger partial charge in [0.15, 0.2) is 0 Å². The lowest BCUT2D eigenvalue weighted by Gasteiger charge is -2.10. The number of aromatic nitrogens is 3. The van der Waals surface area contributed by atoms with Crippen molar-refractivity contribution in [2.45, 2.75) is 12.8 Å². The molecule has 0 aliphatic heterocycles. The molecule has 13 heteroatoms. The molecule has 0 fully saturated rings. The second-order valence-corrected chi connectivity index (χ2v) is 11.1. The number of hydrogen-bond acceptors (Lipinski definition) is 6. The molecule has 0 unspecified atom stereocenters. The molecule has 3 heterocycles. The summed E-state index contributed by atoms with van der Waals surface area (Å²) in [7, 11) is 9.26. The number of amides is 3. The molecule has 0 atom stereocenters. The van der Waals surface area contributed by atoms with Crippen molar-refractivity contribution in [3.05, 3.63) is 99.4 Å². The smallest absolute Gasteiger partial charge is 0.272 e. The van der Waals surface area contributed by atoms with Gasteiger partial charge in [0.25, 0.3) is 17.5 Å². The number of nitro groups is 1. The summed E-state index contributed by atoms with van der Waals surface area (Å²) in [5, 5.41) is 19.4. The van der Waals surface area contributed by atoms with Crippen molar-refractivity contribution in [1.82, 2.24) is 23.9 Å². The monoisotopic (exact) mass is 614 g/mol. The normalized spacial score (nSPS) is 11.2. The molecule has 0 aliphatic rings. The third-order valence-electron chi connectivity index (χ3n) is 7.13. The minimum atomic E-state index is -0.439. The predicted octanol–water partition coefficient (Wildman–Crippen LogP) is 3.90. The zero-order chi connectivity index (χ0) is 32.7. The second kappa shape index (κ2) is 14.4. The van der Waals surface area contributed by atoms with Crippen molar-refractivity contribution < 1.29 is 19.3 Å². The molecule has 4 aromatic rings. The summed E-state index contributed by atoms with van der Waals surface area (Å²) in [4.78, 5) is 51.0. The second-order valence-electron chi connectivity index (χ2n) is 11.1. The summed E-state index contributed by atoms with van der Waals surface area (Å²) in [5.41, 5.74) is 4.23. The molecule has 0 aliphatic carbocycles. The van der Waals surface area contributed by atoms with Crippen LogP contribution < -0.4 is 16.0 Å². The van der Waals surface area contributed by atoms with E-state index in [2.05, 4.69) is 20.9 Å². The summed E-state index contributed by atoms with van der Waals surface area (Å²) in [6.07, 6.45) is 9.88. The van der Waals surface area contributed by atoms with Crippen LogP contribution in [0.5, 0.6) is 0 Å². The van der Waals surface area contributed by atoms with Gasteiger partial charge in [0.05, 0.1) is 22.7 Å². The predicted molar refractivity (Wildman–Crippen MR) is 174 cm³/mol. The van der Waals surface area contributed by atoms with Crippen LogP contribution in [0.2, 0.25) is 0 Å². The van der Waals surface area contributed by atoms with E-state index in [-0.39, 0.29) is 29.8 Å². The number of non-ortho nitro benzene ring substituents is 1. The van der Waals surface area contributed by atoms with Crippen LogP contribution in [0.15, 0.2) is 61.1 Å². The van der Waals surface area contributed by atoms with Crippen molar-refractivity contribution >= 4 is 46.9 Å². The van der Waals surface area contributed by atoms with Crippen molar-refractivity contribution in [3.63, 3.8) is 0 Å². The molecule has 0 radical (unpaired) electrons. The van der Waals surface area contributed by atoms with Gasteiger partial charge in [-0.25, -0.2) is 0 Å². The van der Waals surface area contributed by atoms with Gasteiger partial charge in [-0.05, 0) is 68.5 Å². The molecule has 3 aromatic heterocycles. The van der Waals surface area contributed by atoms with Gasteiger partial charge < -0.3 is 34.6 Å². The lowest BCUT2D eigenvalue weighted by Crippen LogP contribution is -2.28. The van der Waals surface area contributed by atoms with E-state index >= 15 is 0 Å². The van der Waals surface area contributed by atoms with E-state index in [0.29, 0.717) is 29.3 Å². The van der Waals surface area contributed by atoms with Crippen LogP contribution in [0.4, 0.5) is 17.1 Å². The van der Waals surface area contributed by atoms with E-state index in [1.165, 1.54) is 12.1 Å². The number of carbonyl (C=O) groups is 3. The standard InChI is InChI=1S/C32H38N8O5/c1-36(2)14-6-13-33-31(42)28-17-25(21-38(28)4)35-32(43)29-16-24(20-39(29)5)34-30(41)18-27-15-23(19-37(27)3)8-7-22-9-11-26(12-10-22)40(44)45/h7-12,15-17,19-21H,6,13-14,18H2,1-5H3,(H,33,42)(H,34,41)(H,35,43)/b8-7+. The Labute approximate surface area is 261 Å². The van der Waals surface area contributed by atoms with Gasteiger partial charge in [-0.1, -0.05) is 12.2 Å². The maximum atomic E-state index is 13.0. The van der Waals surface area contributed by atoms with Gasteiger partial charge in [0.2, 0.25) is 5.91 Å². The average molecular weight is 615 g/mol. The number of benzene rings is 1. The van der Waals surface area contributed by atoms with Gasteiger partial charge in [-0.2, -0.15) is 0 Å². The maximum Gasteiger partial charge on any atom is 0.272 e. The summed E-state index contributed by atoms with van der Waals surface area (Å²) in [6.45, 7) is 1.42. The van der Waals surface area contributed by atoms with E-state index in [1.807, 2.05) is 50.1 Å². The van der Waals surface area contributed by atoms with Gasteiger partial charge >= 0.3 is 0 Å². The Morgan fingerprint density at radius 3 is 2.04 bits per heavy atom. The van der Waals surface area contributed by atoms with Crippen molar-refractivity contribution in [2.24, 2.45) is 21.1 Å². The zero-order valence-electron chi connectivity index (χ0n) is 26.0. The summed E-state index contributed by atoms with van der Waals surface area (Å²) >= 11 is 0. The highest BCUT2D eigenvalue weighted by atomic mass is 16.6. The molecule has 0 saturated heterocycles. The molecular formula is C32H38N8O5. The van der Waals surface area contributed by atoms with Crippen LogP contribution in [-0.2, 0) is 32.4 Å². The molecular weight excluding hydrogens is 576 g/mol. The topological polar surface area (TPSA) is 148 Å². The van der Waals surface area contributed by atoms with Gasteiger partial charge in [0.1, 0.15) is 11.4 Å². The van der Waals surface area contributed by atoms with Crippen molar-refractivity contribution in [3.8, 4) is 0 Å². The fourth-order valence-corrected chi connectivity index (χ4v) is 4.77. The lowest BCUT2D eigenvalue weighted by molar-refractivity contribution is -0.384. The Kier molecular flexibility index (Phi) is 10.4. The van der Waals surface area contributed by atoms with Crippen molar-refractivity contribution in [2.75, 3.05) is 37.8 Å². The van der Waals surface area contributed by atoms with E-state index in [9.17, 15) is 24.5 Å². The summed E-state index contributed by atoms with van der Waals surface area (Å²) in [5.74, 6) is -0.844. The first kappa shape index (κ1) is 32.5. The van der Waals surface area contributed by atoms with E-state index < -0.39 is 4.92 Å². The number of hydrogen-bond donors (Lipinski definition) is 3. The van der Waals surface area contributed by atoms with Crippen LogP contribution in [-0.4, -0.2) is 68.4 Å². The molecule has 45 heavy (non-hydrogen) atoms. The maximum absolute atomic E-state index is 13.0. The van der Waals surface area contributed by atoms with Crippen LogP contribution in [0.3, 0.4) is 0 Å². The summed E-state index contributed by atoms with van der Waals surface area (Å²) < 4.78 is 5.14. The molecule has 0 spiro atoms. The van der Waals surface area contributed by atoms with E-state index in [0.717, 1.165) is 29.8 Å². The molecule has 0 bridgehead atoms. The van der Waals surface area contributed by atoms with Crippen LogP contribution in [0, 0.1) is 10.1 Å². The first-order valence-electron chi connectivity index (χ1n) is 14.3. The fraction of sp³-hybridized carbons (Fsp3) is 0.281. The number of carbonyl (C=O) groups excluding carboxylic acids is 3. The highest BCUT2D eigenvalue weighted by molar-refractivity contribution is 6.05. The Morgan fingerprint density at radius 1 is 0.822 bits per heavy atom. The Balaban J connectivity index is 1.32. The third-order valence-corrected chi connectivity index (χ3v) is 7.13. The van der Waals surface area contributed by atoms with Crippen LogP contribution in [0.1, 0.15) is 44.2 Å². The molecule has 3 N–H and O–H groups in total.